The van der Waals surface area contributed by atoms with Crippen LogP contribution in [0.1, 0.15) is 44.7 Å². The molecule has 0 aliphatic carbocycles. The molecule has 8 heteroatoms. The van der Waals surface area contributed by atoms with E-state index in [0.29, 0.717) is 12.3 Å². The summed E-state index contributed by atoms with van der Waals surface area (Å²) in [4.78, 5) is 35.6. The van der Waals surface area contributed by atoms with Crippen LogP contribution in [0.5, 0.6) is 0 Å². The second kappa shape index (κ2) is 10.4. The summed E-state index contributed by atoms with van der Waals surface area (Å²) in [6.45, 7) is 7.87. The summed E-state index contributed by atoms with van der Waals surface area (Å²) in [5.74, 6) is -0.337. The predicted molar refractivity (Wildman–Crippen MR) is 92.0 cm³/mol. The van der Waals surface area contributed by atoms with E-state index in [1.54, 1.807) is 19.9 Å². The van der Waals surface area contributed by atoms with E-state index in [-0.39, 0.29) is 30.9 Å². The van der Waals surface area contributed by atoms with E-state index in [4.69, 9.17) is 9.15 Å². The summed E-state index contributed by atoms with van der Waals surface area (Å²) in [5.41, 5.74) is 0. The molecule has 1 rings (SSSR count). The number of nitrogens with one attached hydrogen (secondary N) is 3. The maximum atomic E-state index is 12.1. The number of hydrogen-bond acceptors (Lipinski definition) is 5. The van der Waals surface area contributed by atoms with Gasteiger partial charge in [-0.25, -0.2) is 4.79 Å². The van der Waals surface area contributed by atoms with Gasteiger partial charge in [-0.2, -0.15) is 0 Å². The van der Waals surface area contributed by atoms with Gasteiger partial charge in [0.2, 0.25) is 5.91 Å². The van der Waals surface area contributed by atoms with Crippen molar-refractivity contribution in [3.63, 3.8) is 0 Å². The van der Waals surface area contributed by atoms with Crippen molar-refractivity contribution in [2.24, 2.45) is 5.92 Å². The molecule has 3 N–H and O–H groups in total. The molecule has 0 radical (unpaired) electrons. The van der Waals surface area contributed by atoms with E-state index in [2.05, 4.69) is 16.0 Å². The average molecular weight is 353 g/mol. The van der Waals surface area contributed by atoms with Crippen molar-refractivity contribution in [2.45, 2.75) is 46.2 Å². The lowest BCUT2D eigenvalue weighted by Crippen LogP contribution is -2.50. The second-order valence-corrected chi connectivity index (χ2v) is 6.11. The first-order valence-corrected chi connectivity index (χ1v) is 8.38. The zero-order valence-corrected chi connectivity index (χ0v) is 15.1. The third-order valence-electron chi connectivity index (χ3n) is 3.36. The molecule has 2 atom stereocenters. The molecule has 0 fully saturated rings. The van der Waals surface area contributed by atoms with Gasteiger partial charge in [0, 0.05) is 12.6 Å². The largest absolute Gasteiger partial charge is 0.459 e. The Hall–Kier alpha value is -2.51. The Bertz CT molecular complexity index is 557. The molecule has 1 aromatic rings. The van der Waals surface area contributed by atoms with E-state index in [0.717, 1.165) is 0 Å². The van der Waals surface area contributed by atoms with E-state index in [9.17, 15) is 14.4 Å². The highest BCUT2D eigenvalue weighted by atomic mass is 16.5. The van der Waals surface area contributed by atoms with Crippen LogP contribution in [0.2, 0.25) is 0 Å². The number of hydrogen-bond donors (Lipinski definition) is 3. The predicted octanol–water partition coefficient (Wildman–Crippen LogP) is 1.67. The molecule has 0 aliphatic heterocycles. The van der Waals surface area contributed by atoms with Gasteiger partial charge in [0.05, 0.1) is 12.9 Å². The van der Waals surface area contributed by atoms with Crippen molar-refractivity contribution < 1.29 is 23.5 Å². The molecule has 2 unspecified atom stereocenters. The van der Waals surface area contributed by atoms with Gasteiger partial charge in [0.15, 0.2) is 5.76 Å². The molecule has 3 amide bonds. The van der Waals surface area contributed by atoms with Crippen molar-refractivity contribution in [3.05, 3.63) is 24.2 Å². The molecule has 8 nitrogen and oxygen atoms in total. The number of alkyl carbamates (subject to hydrolysis) is 1. The van der Waals surface area contributed by atoms with Crippen molar-refractivity contribution in [3.8, 4) is 0 Å². The molecule has 0 bridgehead atoms. The molecule has 140 valence electrons. The summed E-state index contributed by atoms with van der Waals surface area (Å²) >= 11 is 0. The van der Waals surface area contributed by atoms with Crippen LogP contribution in [0.15, 0.2) is 22.8 Å². The standard InChI is InChI=1S/C17H27N3O5/c1-5-24-17(23)20-13(9-11(2)3)10-18-15(21)12(4)19-16(22)14-7-6-8-25-14/h6-8,11-13H,5,9-10H2,1-4H3,(H,18,21)(H,19,22)(H,20,23). The fourth-order valence-corrected chi connectivity index (χ4v) is 2.22. The van der Waals surface area contributed by atoms with Gasteiger partial charge in [-0.3, -0.25) is 9.59 Å². The summed E-state index contributed by atoms with van der Waals surface area (Å²) in [5, 5.41) is 8.01. The minimum Gasteiger partial charge on any atom is -0.459 e. The number of rotatable bonds is 9. The molecular weight excluding hydrogens is 326 g/mol. The second-order valence-electron chi connectivity index (χ2n) is 6.11. The Kier molecular flexibility index (Phi) is 8.52. The lowest BCUT2D eigenvalue weighted by molar-refractivity contribution is -0.122. The first-order valence-electron chi connectivity index (χ1n) is 8.38. The monoisotopic (exact) mass is 353 g/mol. The summed E-state index contributed by atoms with van der Waals surface area (Å²) in [6.07, 6.45) is 1.56. The van der Waals surface area contributed by atoms with Crippen LogP contribution in [-0.4, -0.2) is 43.1 Å². The van der Waals surface area contributed by atoms with Crippen LogP contribution in [0.25, 0.3) is 0 Å². The van der Waals surface area contributed by atoms with Crippen molar-refractivity contribution >= 4 is 17.9 Å². The van der Waals surface area contributed by atoms with Crippen molar-refractivity contribution in [1.82, 2.24) is 16.0 Å². The van der Waals surface area contributed by atoms with Crippen molar-refractivity contribution in [2.75, 3.05) is 13.2 Å². The Morgan fingerprint density at radius 2 is 1.92 bits per heavy atom. The number of furan rings is 1. The fourth-order valence-electron chi connectivity index (χ4n) is 2.22. The number of ether oxygens (including phenoxy) is 1. The lowest BCUT2D eigenvalue weighted by atomic mass is 10.0. The zero-order valence-electron chi connectivity index (χ0n) is 15.1. The first kappa shape index (κ1) is 20.5. The summed E-state index contributed by atoms with van der Waals surface area (Å²) < 4.78 is 9.85. The summed E-state index contributed by atoms with van der Waals surface area (Å²) in [6, 6.07) is 2.12. The third-order valence-corrected chi connectivity index (χ3v) is 3.36. The molecule has 1 heterocycles. The van der Waals surface area contributed by atoms with Gasteiger partial charge >= 0.3 is 6.09 Å². The van der Waals surface area contributed by atoms with E-state index in [1.165, 1.54) is 12.3 Å². The van der Waals surface area contributed by atoms with Crippen molar-refractivity contribution in [1.29, 1.82) is 0 Å². The van der Waals surface area contributed by atoms with Gasteiger partial charge < -0.3 is 25.1 Å². The maximum absolute atomic E-state index is 12.1. The molecule has 0 aliphatic rings. The minimum atomic E-state index is -0.736. The fraction of sp³-hybridized carbons (Fsp3) is 0.588. The van der Waals surface area contributed by atoms with E-state index in [1.807, 2.05) is 13.8 Å². The average Bonchev–Trinajstić information content (AvgIpc) is 3.06. The smallest absolute Gasteiger partial charge is 0.407 e. The highest BCUT2D eigenvalue weighted by Crippen LogP contribution is 2.05. The van der Waals surface area contributed by atoms with Crippen LogP contribution in [0, 0.1) is 5.92 Å². The van der Waals surface area contributed by atoms with Crippen LogP contribution in [-0.2, 0) is 9.53 Å². The molecule has 0 aromatic carbocycles. The van der Waals surface area contributed by atoms with Crippen LogP contribution in [0.4, 0.5) is 4.79 Å². The van der Waals surface area contributed by atoms with Gasteiger partial charge in [0.25, 0.3) is 5.91 Å². The summed E-state index contributed by atoms with van der Waals surface area (Å²) in [7, 11) is 0. The topological polar surface area (TPSA) is 110 Å². The highest BCUT2D eigenvalue weighted by Gasteiger charge is 2.20. The first-order chi connectivity index (χ1) is 11.8. The van der Waals surface area contributed by atoms with E-state index < -0.39 is 18.0 Å². The van der Waals surface area contributed by atoms with Crippen LogP contribution >= 0.6 is 0 Å². The molecule has 0 saturated heterocycles. The molecule has 0 saturated carbocycles. The van der Waals surface area contributed by atoms with Gasteiger partial charge in [-0.15, -0.1) is 0 Å². The highest BCUT2D eigenvalue weighted by molar-refractivity contribution is 5.95. The number of carbonyl (C=O) groups is 3. The molecule has 0 spiro atoms. The minimum absolute atomic E-state index is 0.140. The SMILES string of the molecule is CCOC(=O)NC(CNC(=O)C(C)NC(=O)c1ccco1)CC(C)C. The quantitative estimate of drug-likeness (QED) is 0.626. The van der Waals surface area contributed by atoms with E-state index >= 15 is 0 Å². The van der Waals surface area contributed by atoms with Gasteiger partial charge in [-0.05, 0) is 38.3 Å². The Labute approximate surface area is 147 Å². The Balaban J connectivity index is 2.48. The molecule has 25 heavy (non-hydrogen) atoms. The normalized spacial score (nSPS) is 13.0. The zero-order chi connectivity index (χ0) is 18.8. The number of amides is 3. The lowest BCUT2D eigenvalue weighted by Gasteiger charge is -2.22. The Morgan fingerprint density at radius 1 is 1.20 bits per heavy atom. The molecule has 1 aromatic heterocycles. The number of carbonyl (C=O) groups excluding carboxylic acids is 3. The van der Waals surface area contributed by atoms with Gasteiger partial charge in [-0.1, -0.05) is 13.8 Å². The Morgan fingerprint density at radius 3 is 2.48 bits per heavy atom. The molecular formula is C17H27N3O5. The van der Waals surface area contributed by atoms with Crippen LogP contribution in [0.3, 0.4) is 0 Å². The third kappa shape index (κ3) is 7.73. The van der Waals surface area contributed by atoms with Crippen LogP contribution < -0.4 is 16.0 Å². The maximum Gasteiger partial charge on any atom is 0.407 e. The van der Waals surface area contributed by atoms with Gasteiger partial charge in [0.1, 0.15) is 6.04 Å².